The van der Waals surface area contributed by atoms with Gasteiger partial charge in [0.05, 0.1) is 10.6 Å². The number of fused-ring (bicyclic) bond motifs is 1. The van der Waals surface area contributed by atoms with Crippen LogP contribution in [0.4, 0.5) is 11.4 Å². The maximum absolute atomic E-state index is 11.9. The van der Waals surface area contributed by atoms with Crippen molar-refractivity contribution in [3.63, 3.8) is 0 Å². The summed E-state index contributed by atoms with van der Waals surface area (Å²) < 4.78 is 5.28. The van der Waals surface area contributed by atoms with E-state index in [4.69, 9.17) is 4.74 Å². The molecule has 102 valence electrons. The van der Waals surface area contributed by atoms with Gasteiger partial charge >= 0.3 is 0 Å². The lowest BCUT2D eigenvalue weighted by molar-refractivity contribution is -0.384. The van der Waals surface area contributed by atoms with Crippen LogP contribution in [-0.2, 0) is 4.79 Å². The highest BCUT2D eigenvalue weighted by Gasteiger charge is 2.27. The predicted octanol–water partition coefficient (Wildman–Crippen LogP) is 0.882. The van der Waals surface area contributed by atoms with Crippen LogP contribution in [0.15, 0.2) is 18.2 Å². The maximum Gasteiger partial charge on any atom is 0.271 e. The fraction of sp³-hybridized carbons (Fsp3) is 0.417. The van der Waals surface area contributed by atoms with Crippen LogP contribution < -0.4 is 9.64 Å². The quantitative estimate of drug-likeness (QED) is 0.596. The van der Waals surface area contributed by atoms with Crippen molar-refractivity contribution in [3.8, 4) is 5.75 Å². The maximum atomic E-state index is 11.9. The van der Waals surface area contributed by atoms with Gasteiger partial charge in [0, 0.05) is 25.2 Å². The van der Waals surface area contributed by atoms with E-state index >= 15 is 0 Å². The molecule has 0 aromatic heterocycles. The highest BCUT2D eigenvalue weighted by atomic mass is 16.6. The number of nitrogens with zero attached hydrogens (tertiary/aromatic N) is 3. The van der Waals surface area contributed by atoms with Crippen molar-refractivity contribution in [3.05, 3.63) is 28.3 Å². The first-order valence-corrected chi connectivity index (χ1v) is 5.85. The van der Waals surface area contributed by atoms with Crippen LogP contribution in [0.5, 0.6) is 5.75 Å². The van der Waals surface area contributed by atoms with Crippen molar-refractivity contribution in [2.75, 3.05) is 38.7 Å². The van der Waals surface area contributed by atoms with Gasteiger partial charge in [0.15, 0.2) is 6.61 Å². The first-order valence-electron chi connectivity index (χ1n) is 5.85. The average Bonchev–Trinajstić information content (AvgIpc) is 2.36. The predicted molar refractivity (Wildman–Crippen MR) is 69.5 cm³/mol. The molecule has 1 aromatic rings. The molecule has 1 aliphatic rings. The molecule has 7 nitrogen and oxygen atoms in total. The molecule has 1 amide bonds. The van der Waals surface area contributed by atoms with Crippen LogP contribution >= 0.6 is 0 Å². The van der Waals surface area contributed by atoms with Gasteiger partial charge in [-0.2, -0.15) is 0 Å². The number of rotatable bonds is 4. The lowest BCUT2D eigenvalue weighted by Gasteiger charge is -2.30. The molecule has 0 N–H and O–H groups in total. The first-order chi connectivity index (χ1) is 8.99. The van der Waals surface area contributed by atoms with Crippen molar-refractivity contribution < 1.29 is 14.5 Å². The number of benzene rings is 1. The molecule has 0 atom stereocenters. The second-order valence-corrected chi connectivity index (χ2v) is 4.55. The van der Waals surface area contributed by atoms with Crippen molar-refractivity contribution >= 4 is 17.3 Å². The number of hydrogen-bond acceptors (Lipinski definition) is 5. The van der Waals surface area contributed by atoms with Gasteiger partial charge in [-0.15, -0.1) is 0 Å². The van der Waals surface area contributed by atoms with E-state index in [9.17, 15) is 14.9 Å². The van der Waals surface area contributed by atoms with Crippen molar-refractivity contribution in [1.29, 1.82) is 0 Å². The van der Waals surface area contributed by atoms with E-state index in [0.717, 1.165) is 0 Å². The zero-order chi connectivity index (χ0) is 14.0. The fourth-order valence-corrected chi connectivity index (χ4v) is 1.85. The number of nitro groups is 1. The van der Waals surface area contributed by atoms with Crippen molar-refractivity contribution in [2.24, 2.45) is 0 Å². The normalized spacial score (nSPS) is 14.3. The lowest BCUT2D eigenvalue weighted by Crippen LogP contribution is -2.42. The first kappa shape index (κ1) is 13.3. The monoisotopic (exact) mass is 265 g/mol. The highest BCUT2D eigenvalue weighted by molar-refractivity contribution is 5.98. The van der Waals surface area contributed by atoms with Gasteiger partial charge < -0.3 is 14.5 Å². The molecule has 0 fully saturated rings. The standard InChI is InChI=1S/C12H15N3O4/c1-13(2)5-6-14-10-7-9(15(17)18)3-4-11(10)19-8-12(14)16/h3-4,7H,5-6,8H2,1-2H3. The highest BCUT2D eigenvalue weighted by Crippen LogP contribution is 2.34. The number of nitro benzene ring substituents is 1. The molecule has 1 aromatic carbocycles. The third kappa shape index (κ3) is 2.82. The molecule has 0 saturated heterocycles. The molecular weight excluding hydrogens is 250 g/mol. The van der Waals surface area contributed by atoms with Gasteiger partial charge in [0.1, 0.15) is 5.75 Å². The minimum Gasteiger partial charge on any atom is -0.482 e. The smallest absolute Gasteiger partial charge is 0.271 e. The number of amides is 1. The van der Waals surface area contributed by atoms with Crippen LogP contribution in [-0.4, -0.2) is 49.5 Å². The zero-order valence-corrected chi connectivity index (χ0v) is 10.8. The number of carbonyl (C=O) groups excluding carboxylic acids is 1. The number of carbonyl (C=O) groups is 1. The summed E-state index contributed by atoms with van der Waals surface area (Å²) in [5.74, 6) is 0.318. The second-order valence-electron chi connectivity index (χ2n) is 4.55. The lowest BCUT2D eigenvalue weighted by atomic mass is 10.2. The van der Waals surface area contributed by atoms with Crippen LogP contribution in [0.2, 0.25) is 0 Å². The van der Waals surface area contributed by atoms with Crippen molar-refractivity contribution in [2.45, 2.75) is 0 Å². The van der Waals surface area contributed by atoms with Gasteiger partial charge in [-0.05, 0) is 20.2 Å². The topological polar surface area (TPSA) is 75.9 Å². The number of likely N-dealkylation sites (N-methyl/N-ethyl adjacent to an activating group) is 1. The Hall–Kier alpha value is -2.15. The van der Waals surface area contributed by atoms with Crippen LogP contribution in [0.1, 0.15) is 0 Å². The Bertz CT molecular complexity index is 516. The van der Waals surface area contributed by atoms with Crippen LogP contribution in [0.25, 0.3) is 0 Å². The average molecular weight is 265 g/mol. The van der Waals surface area contributed by atoms with Crippen LogP contribution in [0, 0.1) is 10.1 Å². The number of hydrogen-bond donors (Lipinski definition) is 0. The third-order valence-electron chi connectivity index (χ3n) is 2.87. The zero-order valence-electron chi connectivity index (χ0n) is 10.8. The Balaban J connectivity index is 2.32. The van der Waals surface area contributed by atoms with Crippen LogP contribution in [0.3, 0.4) is 0 Å². The summed E-state index contributed by atoms with van der Waals surface area (Å²) in [5.41, 5.74) is 0.416. The molecule has 1 aliphatic heterocycles. The Morgan fingerprint density at radius 3 is 2.84 bits per heavy atom. The van der Waals surface area contributed by atoms with Gasteiger partial charge in [0.25, 0.3) is 11.6 Å². The molecule has 0 aliphatic carbocycles. The minimum absolute atomic E-state index is 0.0295. The van der Waals surface area contributed by atoms with E-state index < -0.39 is 4.92 Å². The Morgan fingerprint density at radius 2 is 2.21 bits per heavy atom. The molecule has 1 heterocycles. The van der Waals surface area contributed by atoms with E-state index in [1.54, 1.807) is 0 Å². The fourth-order valence-electron chi connectivity index (χ4n) is 1.85. The molecule has 0 spiro atoms. The minimum atomic E-state index is -0.483. The summed E-state index contributed by atoms with van der Waals surface area (Å²) in [6.07, 6.45) is 0. The molecule has 0 saturated carbocycles. The summed E-state index contributed by atoms with van der Waals surface area (Å²) in [6.45, 7) is 1.12. The van der Waals surface area contributed by atoms with E-state index in [2.05, 4.69) is 0 Å². The second kappa shape index (κ2) is 5.23. The number of non-ortho nitro benzene ring substituents is 1. The number of anilines is 1. The van der Waals surface area contributed by atoms with E-state index in [-0.39, 0.29) is 18.2 Å². The molecular formula is C12H15N3O4. The van der Waals surface area contributed by atoms with Gasteiger partial charge in [0.2, 0.25) is 0 Å². The molecule has 0 unspecified atom stereocenters. The van der Waals surface area contributed by atoms with E-state index in [0.29, 0.717) is 24.5 Å². The van der Waals surface area contributed by atoms with E-state index in [1.165, 1.54) is 23.1 Å². The third-order valence-corrected chi connectivity index (χ3v) is 2.87. The summed E-state index contributed by atoms with van der Waals surface area (Å²) in [6, 6.07) is 4.28. The Kier molecular flexibility index (Phi) is 3.66. The molecule has 2 rings (SSSR count). The van der Waals surface area contributed by atoms with Gasteiger partial charge in [-0.25, -0.2) is 0 Å². The van der Waals surface area contributed by atoms with E-state index in [1.807, 2.05) is 19.0 Å². The SMILES string of the molecule is CN(C)CCN1C(=O)COc2ccc([N+](=O)[O-])cc21. The van der Waals surface area contributed by atoms with Gasteiger partial charge in [-0.1, -0.05) is 0 Å². The summed E-state index contributed by atoms with van der Waals surface area (Å²) in [5, 5.41) is 10.8. The molecule has 19 heavy (non-hydrogen) atoms. The van der Waals surface area contributed by atoms with Crippen molar-refractivity contribution in [1.82, 2.24) is 4.90 Å². The summed E-state index contributed by atoms with van der Waals surface area (Å²) in [7, 11) is 3.80. The Morgan fingerprint density at radius 1 is 1.47 bits per heavy atom. The molecule has 0 radical (unpaired) electrons. The summed E-state index contributed by atoms with van der Waals surface area (Å²) >= 11 is 0. The largest absolute Gasteiger partial charge is 0.482 e. The number of ether oxygens (including phenoxy) is 1. The molecule has 7 heteroatoms. The summed E-state index contributed by atoms with van der Waals surface area (Å²) in [4.78, 5) is 25.7. The Labute approximate surface area is 110 Å². The van der Waals surface area contributed by atoms with Gasteiger partial charge in [-0.3, -0.25) is 14.9 Å². The molecule has 0 bridgehead atoms.